The second kappa shape index (κ2) is 2.34. The fraction of sp³-hybridized carbons (Fsp3) is 0.429. The maximum absolute atomic E-state index is 10.8. The number of furan rings is 1. The number of sulfonamides is 1. The molecule has 2 N–H and O–H groups in total. The van der Waals surface area contributed by atoms with Crippen LogP contribution in [0.15, 0.2) is 21.6 Å². The minimum absolute atomic E-state index is 0.135. The highest BCUT2D eigenvalue weighted by Crippen LogP contribution is 2.41. The van der Waals surface area contributed by atoms with Gasteiger partial charge in [-0.3, -0.25) is 0 Å². The van der Waals surface area contributed by atoms with Crippen LogP contribution in [0.2, 0.25) is 0 Å². The van der Waals surface area contributed by atoms with Gasteiger partial charge in [-0.05, 0) is 25.0 Å². The molecule has 1 aliphatic rings. The quantitative estimate of drug-likeness (QED) is 0.744. The third-order valence-corrected chi connectivity index (χ3v) is 2.64. The maximum Gasteiger partial charge on any atom is 0.271 e. The van der Waals surface area contributed by atoms with Crippen LogP contribution in [-0.2, 0) is 10.0 Å². The molecule has 1 aliphatic carbocycles. The van der Waals surface area contributed by atoms with E-state index in [0.717, 1.165) is 18.6 Å². The van der Waals surface area contributed by atoms with Crippen LogP contribution in [0, 0.1) is 0 Å². The molecule has 0 unspecified atom stereocenters. The van der Waals surface area contributed by atoms with Crippen LogP contribution in [0.3, 0.4) is 0 Å². The van der Waals surface area contributed by atoms with E-state index < -0.39 is 10.0 Å². The molecule has 0 radical (unpaired) electrons. The number of hydrogen-bond acceptors (Lipinski definition) is 3. The van der Waals surface area contributed by atoms with Crippen molar-refractivity contribution in [1.82, 2.24) is 0 Å². The Bertz CT molecular complexity index is 389. The van der Waals surface area contributed by atoms with Crippen LogP contribution in [0.25, 0.3) is 0 Å². The molecule has 0 aliphatic heterocycles. The summed E-state index contributed by atoms with van der Waals surface area (Å²) in [5.41, 5.74) is 0. The second-order valence-electron chi connectivity index (χ2n) is 2.98. The number of rotatable bonds is 2. The van der Waals surface area contributed by atoms with E-state index in [0.29, 0.717) is 5.92 Å². The van der Waals surface area contributed by atoms with Gasteiger partial charge in [-0.15, -0.1) is 0 Å². The Labute approximate surface area is 70.4 Å². The van der Waals surface area contributed by atoms with E-state index in [9.17, 15) is 8.42 Å². The Morgan fingerprint density at radius 3 is 2.50 bits per heavy atom. The lowest BCUT2D eigenvalue weighted by Gasteiger charge is -1.90. The van der Waals surface area contributed by atoms with E-state index >= 15 is 0 Å². The van der Waals surface area contributed by atoms with E-state index in [-0.39, 0.29) is 5.09 Å². The molecule has 1 aromatic rings. The van der Waals surface area contributed by atoms with Gasteiger partial charge in [0.1, 0.15) is 5.76 Å². The van der Waals surface area contributed by atoms with Gasteiger partial charge in [0.2, 0.25) is 5.09 Å². The summed E-state index contributed by atoms with van der Waals surface area (Å²) in [6, 6.07) is 3.08. The summed E-state index contributed by atoms with van der Waals surface area (Å²) in [5, 5.41) is 4.73. The molecule has 66 valence electrons. The third-order valence-electron chi connectivity index (χ3n) is 1.86. The summed E-state index contributed by atoms with van der Waals surface area (Å²) in [4.78, 5) is 0. The molecule has 0 amide bonds. The van der Waals surface area contributed by atoms with Crippen LogP contribution >= 0.6 is 0 Å². The average Bonchev–Trinajstić information content (AvgIpc) is 2.66. The Balaban J connectivity index is 2.35. The topological polar surface area (TPSA) is 73.3 Å². The van der Waals surface area contributed by atoms with Gasteiger partial charge < -0.3 is 4.42 Å². The van der Waals surface area contributed by atoms with Crippen molar-refractivity contribution in [3.05, 3.63) is 17.9 Å². The van der Waals surface area contributed by atoms with Crippen LogP contribution in [0.5, 0.6) is 0 Å². The number of nitrogens with two attached hydrogens (primary N) is 1. The van der Waals surface area contributed by atoms with Crippen molar-refractivity contribution in [2.45, 2.75) is 23.9 Å². The normalized spacial score (nSPS) is 18.1. The zero-order valence-corrected chi connectivity index (χ0v) is 7.17. The van der Waals surface area contributed by atoms with Crippen molar-refractivity contribution in [2.75, 3.05) is 0 Å². The average molecular weight is 187 g/mol. The lowest BCUT2D eigenvalue weighted by atomic mass is 10.3. The Morgan fingerprint density at radius 2 is 2.08 bits per heavy atom. The van der Waals surface area contributed by atoms with E-state index in [1.165, 1.54) is 6.07 Å². The summed E-state index contributed by atoms with van der Waals surface area (Å²) in [7, 11) is -3.65. The van der Waals surface area contributed by atoms with Gasteiger partial charge in [-0.25, -0.2) is 13.6 Å². The minimum atomic E-state index is -3.65. The summed E-state index contributed by atoms with van der Waals surface area (Å²) in [5.74, 6) is 1.15. The van der Waals surface area contributed by atoms with Crippen molar-refractivity contribution >= 4 is 10.0 Å². The lowest BCUT2D eigenvalue weighted by molar-refractivity contribution is 0.415. The smallest absolute Gasteiger partial charge is 0.271 e. The van der Waals surface area contributed by atoms with Gasteiger partial charge in [0, 0.05) is 5.92 Å². The monoisotopic (exact) mass is 187 g/mol. The summed E-state index contributed by atoms with van der Waals surface area (Å²) < 4.78 is 26.6. The fourth-order valence-electron chi connectivity index (χ4n) is 1.07. The Kier molecular flexibility index (Phi) is 1.52. The first kappa shape index (κ1) is 7.82. The Hall–Kier alpha value is -0.810. The molecular formula is C7H9NO3S. The predicted molar refractivity (Wildman–Crippen MR) is 42.1 cm³/mol. The third kappa shape index (κ3) is 1.37. The standard InChI is InChI=1S/C7H9NO3S/c8-12(9,10)7-4-3-6(11-7)5-1-2-5/h3-5H,1-2H2,(H2,8,9,10). The maximum atomic E-state index is 10.8. The van der Waals surface area contributed by atoms with Gasteiger partial charge in [-0.1, -0.05) is 0 Å². The molecule has 0 saturated heterocycles. The van der Waals surface area contributed by atoms with Gasteiger partial charge in [-0.2, -0.15) is 0 Å². The van der Waals surface area contributed by atoms with Gasteiger partial charge in [0.05, 0.1) is 0 Å². The lowest BCUT2D eigenvalue weighted by Crippen LogP contribution is -2.10. The zero-order chi connectivity index (χ0) is 8.77. The first-order valence-corrected chi connectivity index (χ1v) is 5.24. The highest BCUT2D eigenvalue weighted by Gasteiger charge is 2.28. The van der Waals surface area contributed by atoms with E-state index in [4.69, 9.17) is 9.56 Å². The van der Waals surface area contributed by atoms with Crippen molar-refractivity contribution in [1.29, 1.82) is 0 Å². The minimum Gasteiger partial charge on any atom is -0.448 e. The van der Waals surface area contributed by atoms with Crippen molar-refractivity contribution in [3.63, 3.8) is 0 Å². The fourth-order valence-corrected chi connectivity index (χ4v) is 1.54. The van der Waals surface area contributed by atoms with Gasteiger partial charge in [0.25, 0.3) is 10.0 Å². The molecule has 1 heterocycles. The van der Waals surface area contributed by atoms with Crippen LogP contribution < -0.4 is 5.14 Å². The van der Waals surface area contributed by atoms with Crippen LogP contribution in [0.1, 0.15) is 24.5 Å². The first-order chi connectivity index (χ1) is 5.57. The van der Waals surface area contributed by atoms with E-state index in [1.54, 1.807) is 6.07 Å². The molecule has 5 heteroatoms. The van der Waals surface area contributed by atoms with Gasteiger partial charge in [0.15, 0.2) is 0 Å². The second-order valence-corrected chi connectivity index (χ2v) is 4.47. The van der Waals surface area contributed by atoms with Gasteiger partial charge >= 0.3 is 0 Å². The molecule has 0 bridgehead atoms. The SMILES string of the molecule is NS(=O)(=O)c1ccc(C2CC2)o1. The van der Waals surface area contributed by atoms with Crippen molar-refractivity contribution in [3.8, 4) is 0 Å². The van der Waals surface area contributed by atoms with Crippen molar-refractivity contribution in [2.24, 2.45) is 5.14 Å². The zero-order valence-electron chi connectivity index (χ0n) is 6.36. The first-order valence-electron chi connectivity index (χ1n) is 3.70. The highest BCUT2D eigenvalue weighted by molar-refractivity contribution is 7.89. The summed E-state index contributed by atoms with van der Waals surface area (Å²) >= 11 is 0. The van der Waals surface area contributed by atoms with E-state index in [2.05, 4.69) is 0 Å². The molecule has 1 saturated carbocycles. The number of hydrogen-bond donors (Lipinski definition) is 1. The highest BCUT2D eigenvalue weighted by atomic mass is 32.2. The largest absolute Gasteiger partial charge is 0.448 e. The van der Waals surface area contributed by atoms with E-state index in [1.807, 2.05) is 0 Å². The summed E-state index contributed by atoms with van der Waals surface area (Å²) in [6.07, 6.45) is 2.16. The molecule has 4 nitrogen and oxygen atoms in total. The molecule has 1 fully saturated rings. The molecular weight excluding hydrogens is 178 g/mol. The van der Waals surface area contributed by atoms with Crippen LogP contribution in [0.4, 0.5) is 0 Å². The Morgan fingerprint density at radius 1 is 1.42 bits per heavy atom. The molecule has 0 aromatic carbocycles. The molecule has 2 rings (SSSR count). The molecule has 0 atom stereocenters. The molecule has 12 heavy (non-hydrogen) atoms. The number of primary sulfonamides is 1. The molecule has 0 spiro atoms. The van der Waals surface area contributed by atoms with Crippen molar-refractivity contribution < 1.29 is 12.8 Å². The van der Waals surface area contributed by atoms with Crippen LogP contribution in [-0.4, -0.2) is 8.42 Å². The summed E-state index contributed by atoms with van der Waals surface area (Å²) in [6.45, 7) is 0. The predicted octanol–water partition coefficient (Wildman–Crippen LogP) is 0.804. The molecule has 1 aromatic heterocycles.